The lowest BCUT2D eigenvalue weighted by Crippen LogP contribution is -2.34. The van der Waals surface area contributed by atoms with Crippen LogP contribution in [0.4, 0.5) is 5.69 Å². The second kappa shape index (κ2) is 4.54. The highest BCUT2D eigenvalue weighted by Crippen LogP contribution is 2.17. The topological polar surface area (TPSA) is 93.0 Å². The highest BCUT2D eigenvalue weighted by atomic mass is 16.6. The Morgan fingerprint density at radius 3 is 2.60 bits per heavy atom. The minimum atomic E-state index is -0.477. The van der Waals surface area contributed by atoms with E-state index >= 15 is 0 Å². The van der Waals surface area contributed by atoms with Gasteiger partial charge >= 0.3 is 11.1 Å². The molecule has 3 aromatic rings. The summed E-state index contributed by atoms with van der Waals surface area (Å²) in [5, 5.41) is 14.9. The lowest BCUT2D eigenvalue weighted by molar-refractivity contribution is -0.581. The van der Waals surface area contributed by atoms with Gasteiger partial charge in [0.15, 0.2) is 0 Å². The van der Waals surface area contributed by atoms with Crippen molar-refractivity contribution in [1.29, 1.82) is 0 Å². The number of aromatic amines is 1. The molecule has 0 saturated carbocycles. The van der Waals surface area contributed by atoms with Crippen molar-refractivity contribution in [2.24, 2.45) is 0 Å². The molecule has 0 saturated heterocycles. The molecule has 0 atom stereocenters. The summed E-state index contributed by atoms with van der Waals surface area (Å²) in [6, 6.07) is 11.0. The van der Waals surface area contributed by atoms with Gasteiger partial charge in [0.25, 0.3) is 5.69 Å². The average Bonchev–Trinajstić information content (AvgIpc) is 2.47. The van der Waals surface area contributed by atoms with Gasteiger partial charge in [0.2, 0.25) is 12.0 Å². The van der Waals surface area contributed by atoms with Crippen LogP contribution < -0.4 is 10.1 Å². The van der Waals surface area contributed by atoms with Crippen molar-refractivity contribution in [3.05, 3.63) is 69.1 Å². The Morgan fingerprint density at radius 2 is 1.90 bits per heavy atom. The van der Waals surface area contributed by atoms with Crippen LogP contribution >= 0.6 is 0 Å². The van der Waals surface area contributed by atoms with Crippen LogP contribution in [0.2, 0.25) is 0 Å². The van der Waals surface area contributed by atoms with Gasteiger partial charge in [-0.15, -0.1) is 0 Å². The Bertz CT molecular complexity index is 855. The van der Waals surface area contributed by atoms with Crippen molar-refractivity contribution in [3.8, 4) is 11.4 Å². The van der Waals surface area contributed by atoms with E-state index in [1.165, 1.54) is 16.6 Å². The van der Waals surface area contributed by atoms with Crippen molar-refractivity contribution in [1.82, 2.24) is 10.1 Å². The number of fused-ring (bicyclic) bond motifs is 1. The fourth-order valence-corrected chi connectivity index (χ4v) is 1.88. The SMILES string of the molecule is O=c1[nH]c(-c2ccc([N+](=O)[O-])cc2)n[n+]2ccccc12. The number of pyridine rings is 1. The van der Waals surface area contributed by atoms with E-state index in [0.29, 0.717) is 16.9 Å². The van der Waals surface area contributed by atoms with Crippen molar-refractivity contribution >= 4 is 11.2 Å². The number of nitro benzene ring substituents is 1. The van der Waals surface area contributed by atoms with E-state index in [9.17, 15) is 14.9 Å². The average molecular weight is 269 g/mol. The van der Waals surface area contributed by atoms with Gasteiger partial charge in [0.05, 0.1) is 4.92 Å². The van der Waals surface area contributed by atoms with E-state index in [1.807, 2.05) is 0 Å². The molecule has 0 amide bonds. The van der Waals surface area contributed by atoms with Crippen LogP contribution in [0.15, 0.2) is 53.5 Å². The molecule has 2 heterocycles. The Hall–Kier alpha value is -3.09. The molecule has 1 aromatic carbocycles. The molecular weight excluding hydrogens is 260 g/mol. The molecule has 0 radical (unpaired) electrons. The molecule has 1 N–H and O–H groups in total. The predicted octanol–water partition coefficient (Wildman–Crippen LogP) is 1.08. The Labute approximate surface area is 112 Å². The van der Waals surface area contributed by atoms with E-state index in [4.69, 9.17) is 0 Å². The molecule has 0 aliphatic carbocycles. The molecule has 0 bridgehead atoms. The highest BCUT2D eigenvalue weighted by molar-refractivity contribution is 5.56. The van der Waals surface area contributed by atoms with Gasteiger partial charge in [-0.2, -0.15) is 0 Å². The minimum absolute atomic E-state index is 0.00969. The fraction of sp³-hybridized carbons (Fsp3) is 0. The van der Waals surface area contributed by atoms with Crippen LogP contribution in [0.25, 0.3) is 16.9 Å². The van der Waals surface area contributed by atoms with Crippen LogP contribution in [0.1, 0.15) is 0 Å². The largest absolute Gasteiger partial charge is 0.324 e. The first-order chi connectivity index (χ1) is 9.65. The molecule has 0 aliphatic heterocycles. The molecule has 2 aromatic heterocycles. The van der Waals surface area contributed by atoms with Crippen LogP contribution in [-0.2, 0) is 0 Å². The van der Waals surface area contributed by atoms with Crippen LogP contribution in [0.3, 0.4) is 0 Å². The van der Waals surface area contributed by atoms with Gasteiger partial charge in [-0.3, -0.25) is 19.9 Å². The van der Waals surface area contributed by atoms with Crippen LogP contribution in [0, 0.1) is 10.1 Å². The van der Waals surface area contributed by atoms with Crippen molar-refractivity contribution < 1.29 is 9.44 Å². The lowest BCUT2D eigenvalue weighted by atomic mass is 10.2. The summed E-state index contributed by atoms with van der Waals surface area (Å²) >= 11 is 0. The molecular formula is C13H9N4O3+. The van der Waals surface area contributed by atoms with Crippen LogP contribution in [-0.4, -0.2) is 15.0 Å². The number of nitrogens with zero attached hydrogens (tertiary/aromatic N) is 3. The number of nitro groups is 1. The summed E-state index contributed by atoms with van der Waals surface area (Å²) in [7, 11) is 0. The van der Waals surface area contributed by atoms with E-state index in [1.54, 1.807) is 36.5 Å². The first-order valence-electron chi connectivity index (χ1n) is 5.81. The smallest absolute Gasteiger partial charge is 0.296 e. The maximum absolute atomic E-state index is 11.9. The van der Waals surface area contributed by atoms with E-state index in [-0.39, 0.29) is 11.2 Å². The zero-order valence-electron chi connectivity index (χ0n) is 10.2. The number of hydrogen-bond donors (Lipinski definition) is 1. The predicted molar refractivity (Wildman–Crippen MR) is 70.1 cm³/mol. The van der Waals surface area contributed by atoms with Crippen molar-refractivity contribution in [2.45, 2.75) is 0 Å². The van der Waals surface area contributed by atoms with Gasteiger partial charge in [-0.05, 0) is 22.7 Å². The monoisotopic (exact) mass is 269 g/mol. The van der Waals surface area contributed by atoms with Gasteiger partial charge in [0.1, 0.15) is 0 Å². The number of benzene rings is 1. The van der Waals surface area contributed by atoms with Crippen molar-refractivity contribution in [2.75, 3.05) is 0 Å². The second-order valence-corrected chi connectivity index (χ2v) is 4.14. The zero-order chi connectivity index (χ0) is 14.1. The third-order valence-corrected chi connectivity index (χ3v) is 2.86. The number of non-ortho nitro benzene ring substituents is 1. The van der Waals surface area contributed by atoms with Gasteiger partial charge < -0.3 is 0 Å². The minimum Gasteiger partial charge on any atom is -0.296 e. The molecule has 20 heavy (non-hydrogen) atoms. The molecule has 0 aliphatic rings. The normalized spacial score (nSPS) is 10.6. The van der Waals surface area contributed by atoms with Gasteiger partial charge in [0, 0.05) is 34.9 Å². The summed E-state index contributed by atoms with van der Waals surface area (Å²) in [6.07, 6.45) is 1.67. The highest BCUT2D eigenvalue weighted by Gasteiger charge is 2.13. The maximum atomic E-state index is 11.9. The number of aromatic nitrogens is 3. The molecule has 3 rings (SSSR count). The zero-order valence-corrected chi connectivity index (χ0v) is 10.2. The number of hydrogen-bond acceptors (Lipinski definition) is 4. The van der Waals surface area contributed by atoms with Gasteiger partial charge in [-0.1, -0.05) is 0 Å². The third-order valence-electron chi connectivity index (χ3n) is 2.86. The summed E-state index contributed by atoms with van der Waals surface area (Å²) in [5.41, 5.74) is 0.752. The first kappa shape index (κ1) is 12.0. The van der Waals surface area contributed by atoms with Gasteiger partial charge in [-0.25, -0.2) is 0 Å². The summed E-state index contributed by atoms with van der Waals surface area (Å²) in [5.74, 6) is 0.355. The van der Waals surface area contributed by atoms with E-state index in [0.717, 1.165) is 0 Å². The maximum Gasteiger partial charge on any atom is 0.324 e. The first-order valence-corrected chi connectivity index (χ1v) is 5.81. The van der Waals surface area contributed by atoms with Crippen molar-refractivity contribution in [3.63, 3.8) is 0 Å². The lowest BCUT2D eigenvalue weighted by Gasteiger charge is -1.97. The molecule has 0 unspecified atom stereocenters. The number of rotatable bonds is 2. The Balaban J connectivity index is 2.14. The molecule has 0 spiro atoms. The fourth-order valence-electron chi connectivity index (χ4n) is 1.88. The number of nitrogens with one attached hydrogen (secondary N) is 1. The standard InChI is InChI=1S/C13H8N4O3/c18-13-11-3-1-2-8-16(11)15-12(14-13)9-4-6-10(7-5-9)17(19)20/h1-8H/p+1. The number of H-pyrrole nitrogens is 1. The molecule has 7 nitrogen and oxygen atoms in total. The third kappa shape index (κ3) is 2.01. The molecule has 0 fully saturated rings. The molecule has 98 valence electrons. The Kier molecular flexibility index (Phi) is 2.72. The van der Waals surface area contributed by atoms with E-state index in [2.05, 4.69) is 10.1 Å². The summed E-state index contributed by atoms with van der Waals surface area (Å²) < 4.78 is 1.47. The Morgan fingerprint density at radius 1 is 1.15 bits per heavy atom. The second-order valence-electron chi connectivity index (χ2n) is 4.14. The van der Waals surface area contributed by atoms with Crippen LogP contribution in [0.5, 0.6) is 0 Å². The summed E-state index contributed by atoms with van der Waals surface area (Å²) in [6.45, 7) is 0. The van der Waals surface area contributed by atoms with E-state index < -0.39 is 4.92 Å². The quantitative estimate of drug-likeness (QED) is 0.428. The molecule has 7 heteroatoms. The summed E-state index contributed by atoms with van der Waals surface area (Å²) in [4.78, 5) is 24.7.